The van der Waals surface area contributed by atoms with Gasteiger partial charge >= 0.3 is 0 Å². The molecule has 0 aliphatic heterocycles. The van der Waals surface area contributed by atoms with Gasteiger partial charge in [-0.05, 0) is 0 Å². The molecule has 3 nitrogen and oxygen atoms in total. The van der Waals surface area contributed by atoms with E-state index in [1.54, 1.807) is 6.01 Å². The van der Waals surface area contributed by atoms with Gasteiger partial charge in [0, 0.05) is 0 Å². The van der Waals surface area contributed by atoms with E-state index in [1.807, 2.05) is 0 Å². The monoisotopic (exact) mass is 122 g/mol. The van der Waals surface area contributed by atoms with Crippen molar-refractivity contribution in [2.75, 3.05) is 13.2 Å². The molecule has 4 heteroatoms. The summed E-state index contributed by atoms with van der Waals surface area (Å²) >= 11 is 0. The Bertz CT molecular complexity index is 69.3. The quantitative estimate of drug-likeness (QED) is 0.504. The van der Waals surface area contributed by atoms with E-state index in [2.05, 4.69) is 4.99 Å². The Balaban J connectivity index is 0. The van der Waals surface area contributed by atoms with E-state index in [0.29, 0.717) is 6.54 Å². The van der Waals surface area contributed by atoms with Crippen molar-refractivity contribution in [3.63, 3.8) is 0 Å². The maximum Gasteiger partial charge on any atom is 0.0862 e. The number of nitrogens with zero attached hydrogens (tertiary/aromatic N) is 1. The third kappa shape index (κ3) is 10.7. The van der Waals surface area contributed by atoms with Crippen LogP contribution in [0.2, 0.25) is 0 Å². The van der Waals surface area contributed by atoms with Gasteiger partial charge < -0.3 is 5.11 Å². The first-order valence-corrected chi connectivity index (χ1v) is 1.61. The summed E-state index contributed by atoms with van der Waals surface area (Å²) in [6, 6.07) is 1.78. The fourth-order valence-corrected chi connectivity index (χ4v) is 0.106. The standard InChI is InChI=1S/C3H6N2O.ClH/c4-3-5-1-2-6;/h4,6H,1-2H2;1H. The first kappa shape index (κ1) is 9.80. The Morgan fingerprint density at radius 1 is 1.71 bits per heavy atom. The van der Waals surface area contributed by atoms with Crippen LogP contribution in [0.4, 0.5) is 0 Å². The summed E-state index contributed by atoms with van der Waals surface area (Å²) in [7, 11) is 0. The summed E-state index contributed by atoms with van der Waals surface area (Å²) in [6.07, 6.45) is 0. The maximum absolute atomic E-state index is 7.98. The van der Waals surface area contributed by atoms with Crippen LogP contribution in [0, 0.1) is 5.41 Å². The molecule has 42 valence electrons. The number of aliphatic hydroxyl groups is 1. The fraction of sp³-hybridized carbons (Fsp3) is 0.667. The second-order valence-electron chi connectivity index (χ2n) is 0.717. The van der Waals surface area contributed by atoms with Gasteiger partial charge in [-0.1, -0.05) is 0 Å². The molecule has 0 unspecified atom stereocenters. The van der Waals surface area contributed by atoms with Gasteiger partial charge in [-0.2, -0.15) is 0 Å². The van der Waals surface area contributed by atoms with Gasteiger partial charge in [0.1, 0.15) is 0 Å². The number of hydrogen-bond acceptors (Lipinski definition) is 3. The molecular weight excluding hydrogens is 115 g/mol. The summed E-state index contributed by atoms with van der Waals surface area (Å²) in [6.45, 7) is 0.301. The molecule has 0 aromatic heterocycles. The van der Waals surface area contributed by atoms with Gasteiger partial charge in [-0.15, -0.1) is 12.4 Å². The first-order valence-electron chi connectivity index (χ1n) is 1.61. The maximum atomic E-state index is 7.98. The number of halogens is 1. The molecule has 0 heterocycles. The van der Waals surface area contributed by atoms with E-state index < -0.39 is 0 Å². The van der Waals surface area contributed by atoms with Gasteiger partial charge in [-0.25, -0.2) is 10.4 Å². The molecule has 0 bridgehead atoms. The van der Waals surface area contributed by atoms with Crippen LogP contribution in [-0.4, -0.2) is 24.3 Å². The average molecular weight is 123 g/mol. The smallest absolute Gasteiger partial charge is 0.0862 e. The third-order valence-corrected chi connectivity index (χ3v) is 0.291. The van der Waals surface area contributed by atoms with Gasteiger partial charge in [0.05, 0.1) is 19.2 Å². The summed E-state index contributed by atoms with van der Waals surface area (Å²) in [5.41, 5.74) is 0. The lowest BCUT2D eigenvalue weighted by molar-refractivity contribution is 0.307. The van der Waals surface area contributed by atoms with Crippen molar-refractivity contribution in [1.29, 1.82) is 5.41 Å². The van der Waals surface area contributed by atoms with E-state index in [9.17, 15) is 0 Å². The van der Waals surface area contributed by atoms with Crippen molar-refractivity contribution >= 4 is 18.4 Å². The van der Waals surface area contributed by atoms with Crippen molar-refractivity contribution in [1.82, 2.24) is 0 Å². The Morgan fingerprint density at radius 2 is 2.29 bits per heavy atom. The van der Waals surface area contributed by atoms with Crippen molar-refractivity contribution in [2.24, 2.45) is 4.99 Å². The van der Waals surface area contributed by atoms with Gasteiger partial charge in [0.25, 0.3) is 0 Å². The van der Waals surface area contributed by atoms with Crippen molar-refractivity contribution in [3.8, 4) is 0 Å². The lowest BCUT2D eigenvalue weighted by Crippen LogP contribution is -1.83. The van der Waals surface area contributed by atoms with Crippen molar-refractivity contribution in [2.45, 2.75) is 0 Å². The second-order valence-corrected chi connectivity index (χ2v) is 0.717. The second kappa shape index (κ2) is 9.16. The molecule has 0 rings (SSSR count). The molecule has 0 amide bonds. The van der Waals surface area contributed by atoms with Gasteiger partial charge in [0.15, 0.2) is 0 Å². The average Bonchev–Trinajstić information content (AvgIpc) is 1.61. The summed E-state index contributed by atoms with van der Waals surface area (Å²) in [5.74, 6) is 0. The topological polar surface area (TPSA) is 56.4 Å². The Kier molecular flexibility index (Phi) is 12.8. The molecule has 0 aliphatic carbocycles. The van der Waals surface area contributed by atoms with Crippen molar-refractivity contribution in [3.05, 3.63) is 0 Å². The van der Waals surface area contributed by atoms with Gasteiger partial charge in [-0.3, -0.25) is 0 Å². The number of rotatable bonds is 2. The van der Waals surface area contributed by atoms with Crippen LogP contribution in [0.1, 0.15) is 0 Å². The minimum Gasteiger partial charge on any atom is -0.394 e. The van der Waals surface area contributed by atoms with Crippen LogP contribution in [0.5, 0.6) is 0 Å². The molecule has 0 fully saturated rings. The molecule has 0 atom stereocenters. The lowest BCUT2D eigenvalue weighted by Gasteiger charge is -1.73. The van der Waals surface area contributed by atoms with Crippen LogP contribution in [0.15, 0.2) is 4.99 Å². The third-order valence-electron chi connectivity index (χ3n) is 0.291. The SMILES string of the molecule is Cl.N=C=NCCO. The van der Waals surface area contributed by atoms with E-state index in [1.165, 1.54) is 0 Å². The summed E-state index contributed by atoms with van der Waals surface area (Å²) in [4.78, 5) is 3.26. The number of aliphatic imine (C=N–C) groups is 1. The number of aliphatic hydroxyl groups excluding tert-OH is 1. The predicted molar refractivity (Wildman–Crippen MR) is 29.4 cm³/mol. The summed E-state index contributed by atoms with van der Waals surface area (Å²) < 4.78 is 0. The van der Waals surface area contributed by atoms with Crippen LogP contribution in [-0.2, 0) is 0 Å². The highest BCUT2D eigenvalue weighted by atomic mass is 35.5. The molecule has 0 saturated carbocycles. The minimum atomic E-state index is 0. The number of hydrogen-bond donors (Lipinski definition) is 2. The van der Waals surface area contributed by atoms with E-state index in [-0.39, 0.29) is 19.0 Å². The molecule has 0 saturated heterocycles. The highest BCUT2D eigenvalue weighted by Gasteiger charge is 1.65. The number of nitrogens with one attached hydrogen (secondary N) is 1. The highest BCUT2D eigenvalue weighted by molar-refractivity contribution is 5.85. The van der Waals surface area contributed by atoms with Crippen LogP contribution in [0.3, 0.4) is 0 Å². The lowest BCUT2D eigenvalue weighted by atomic mass is 10.7. The molecule has 7 heavy (non-hydrogen) atoms. The predicted octanol–water partition coefficient (Wildman–Crippen LogP) is 0.153. The molecule has 2 N–H and O–H groups in total. The first-order chi connectivity index (χ1) is 2.91. The fourth-order valence-electron chi connectivity index (χ4n) is 0.106. The summed E-state index contributed by atoms with van der Waals surface area (Å²) in [5, 5.41) is 14.2. The van der Waals surface area contributed by atoms with Crippen LogP contribution >= 0.6 is 12.4 Å². The van der Waals surface area contributed by atoms with E-state index >= 15 is 0 Å². The largest absolute Gasteiger partial charge is 0.394 e. The normalized spacial score (nSPS) is 5.86. The molecule has 0 aromatic rings. The minimum absolute atomic E-state index is 0. The van der Waals surface area contributed by atoms with Gasteiger partial charge in [0.2, 0.25) is 0 Å². The zero-order chi connectivity index (χ0) is 4.83. The Labute approximate surface area is 48.0 Å². The van der Waals surface area contributed by atoms with Crippen LogP contribution < -0.4 is 0 Å². The zero-order valence-corrected chi connectivity index (χ0v) is 4.53. The molecular formula is C3H7ClN2O. The van der Waals surface area contributed by atoms with Crippen molar-refractivity contribution < 1.29 is 5.11 Å². The molecule has 0 spiro atoms. The Hall–Kier alpha value is -0.370. The molecule has 0 aliphatic rings. The van der Waals surface area contributed by atoms with Crippen LogP contribution in [0.25, 0.3) is 0 Å². The Morgan fingerprint density at radius 3 is 2.43 bits per heavy atom. The van der Waals surface area contributed by atoms with E-state index in [0.717, 1.165) is 0 Å². The molecule has 0 aromatic carbocycles. The van der Waals surface area contributed by atoms with E-state index in [4.69, 9.17) is 10.5 Å². The highest BCUT2D eigenvalue weighted by Crippen LogP contribution is 1.57. The zero-order valence-electron chi connectivity index (χ0n) is 3.72. The molecule has 0 radical (unpaired) electrons.